The first-order chi connectivity index (χ1) is 9.18. The largest absolute Gasteiger partial charge is 0.378 e. The highest BCUT2D eigenvalue weighted by molar-refractivity contribution is 5.76. The Morgan fingerprint density at radius 2 is 2.00 bits per heavy atom. The monoisotopic (exact) mass is 273 g/mol. The average Bonchev–Trinajstić information content (AvgIpc) is 2.39. The third kappa shape index (κ3) is 8.52. The van der Waals surface area contributed by atoms with Crippen LogP contribution in [0.15, 0.2) is 0 Å². The van der Waals surface area contributed by atoms with Gasteiger partial charge < -0.3 is 25.8 Å². The summed E-state index contributed by atoms with van der Waals surface area (Å²) in [6.07, 6.45) is 2.62. The Balaban J connectivity index is 1.91. The fourth-order valence-electron chi connectivity index (χ4n) is 1.80. The molecular weight excluding hydrogens is 250 g/mol. The van der Waals surface area contributed by atoms with Gasteiger partial charge in [-0.25, -0.2) is 0 Å². The summed E-state index contributed by atoms with van der Waals surface area (Å²) in [7, 11) is 0. The Hall–Kier alpha value is -1.18. The minimum Gasteiger partial charge on any atom is -0.378 e. The van der Waals surface area contributed by atoms with Crippen molar-refractivity contribution >= 4 is 11.8 Å². The fraction of sp³-hybridized carbons (Fsp3) is 0.833. The van der Waals surface area contributed by atoms with E-state index >= 15 is 0 Å². The summed E-state index contributed by atoms with van der Waals surface area (Å²) in [5.41, 5.74) is 4.90. The van der Waals surface area contributed by atoms with Crippen LogP contribution in [0, 0.1) is 0 Å². The van der Waals surface area contributed by atoms with Crippen LogP contribution in [0.25, 0.3) is 0 Å². The number of ether oxygens (including phenoxy) is 2. The number of hydrogen-bond acceptors (Lipinski definition) is 5. The average molecular weight is 273 g/mol. The molecule has 1 aliphatic rings. The molecule has 0 aromatic heterocycles. The van der Waals surface area contributed by atoms with Crippen molar-refractivity contribution in [3.63, 3.8) is 0 Å². The SMILES string of the molecule is NC(=O)COCCNC(=O)CCOC1CCNCC1. The number of piperidine rings is 1. The van der Waals surface area contributed by atoms with Crippen LogP contribution in [-0.2, 0) is 19.1 Å². The first kappa shape index (κ1) is 15.9. The van der Waals surface area contributed by atoms with Crippen LogP contribution >= 0.6 is 0 Å². The molecule has 0 spiro atoms. The highest BCUT2D eigenvalue weighted by Crippen LogP contribution is 2.07. The van der Waals surface area contributed by atoms with Crippen LogP contribution in [-0.4, -0.2) is 57.4 Å². The third-order valence-corrected chi connectivity index (χ3v) is 2.78. The zero-order chi connectivity index (χ0) is 13.9. The molecule has 1 aliphatic heterocycles. The first-order valence-corrected chi connectivity index (χ1v) is 6.63. The number of primary amides is 1. The molecule has 7 nitrogen and oxygen atoms in total. The number of amides is 2. The second-order valence-electron chi connectivity index (χ2n) is 4.44. The van der Waals surface area contributed by atoms with Crippen LogP contribution in [0.1, 0.15) is 19.3 Å². The van der Waals surface area contributed by atoms with E-state index in [1.165, 1.54) is 0 Å². The molecular formula is C12H23N3O4. The van der Waals surface area contributed by atoms with E-state index in [0.29, 0.717) is 19.6 Å². The van der Waals surface area contributed by atoms with Crippen LogP contribution < -0.4 is 16.4 Å². The first-order valence-electron chi connectivity index (χ1n) is 6.63. The molecule has 110 valence electrons. The van der Waals surface area contributed by atoms with E-state index in [-0.39, 0.29) is 25.2 Å². The number of rotatable bonds is 9. The normalized spacial score (nSPS) is 16.2. The van der Waals surface area contributed by atoms with Gasteiger partial charge in [-0.05, 0) is 25.9 Å². The lowest BCUT2D eigenvalue weighted by atomic mass is 10.1. The lowest BCUT2D eigenvalue weighted by molar-refractivity contribution is -0.123. The Morgan fingerprint density at radius 3 is 2.68 bits per heavy atom. The molecule has 0 saturated carbocycles. The summed E-state index contributed by atoms with van der Waals surface area (Å²) in [6.45, 7) is 2.94. The maximum absolute atomic E-state index is 11.4. The number of nitrogens with two attached hydrogens (primary N) is 1. The molecule has 19 heavy (non-hydrogen) atoms. The molecule has 2 amide bonds. The van der Waals surface area contributed by atoms with Crippen molar-refractivity contribution in [2.75, 3.05) is 39.5 Å². The molecule has 0 aliphatic carbocycles. The minimum absolute atomic E-state index is 0.0726. The predicted octanol–water partition coefficient (Wildman–Crippen LogP) is -1.24. The predicted molar refractivity (Wildman–Crippen MR) is 69.5 cm³/mol. The molecule has 0 radical (unpaired) electrons. The summed E-state index contributed by atoms with van der Waals surface area (Å²) in [5, 5.41) is 5.94. The van der Waals surface area contributed by atoms with E-state index in [0.717, 1.165) is 25.9 Å². The number of carbonyl (C=O) groups is 2. The van der Waals surface area contributed by atoms with Crippen molar-refractivity contribution in [2.45, 2.75) is 25.4 Å². The lowest BCUT2D eigenvalue weighted by Crippen LogP contribution is -2.34. The van der Waals surface area contributed by atoms with Gasteiger partial charge in [-0.3, -0.25) is 9.59 Å². The van der Waals surface area contributed by atoms with E-state index < -0.39 is 5.91 Å². The van der Waals surface area contributed by atoms with Gasteiger partial charge in [0.15, 0.2) is 0 Å². The van der Waals surface area contributed by atoms with E-state index in [1.54, 1.807) is 0 Å². The second-order valence-corrected chi connectivity index (χ2v) is 4.44. The van der Waals surface area contributed by atoms with Crippen molar-refractivity contribution in [1.82, 2.24) is 10.6 Å². The van der Waals surface area contributed by atoms with Gasteiger partial charge in [-0.2, -0.15) is 0 Å². The zero-order valence-corrected chi connectivity index (χ0v) is 11.2. The molecule has 0 bridgehead atoms. The van der Waals surface area contributed by atoms with Crippen molar-refractivity contribution in [1.29, 1.82) is 0 Å². The molecule has 0 atom stereocenters. The zero-order valence-electron chi connectivity index (χ0n) is 11.2. The summed E-state index contributed by atoms with van der Waals surface area (Å²) in [6, 6.07) is 0. The van der Waals surface area contributed by atoms with Gasteiger partial charge in [0.2, 0.25) is 11.8 Å². The van der Waals surface area contributed by atoms with E-state index in [2.05, 4.69) is 10.6 Å². The van der Waals surface area contributed by atoms with E-state index in [1.807, 2.05) is 0 Å². The van der Waals surface area contributed by atoms with Crippen molar-refractivity contribution in [3.05, 3.63) is 0 Å². The summed E-state index contributed by atoms with van der Waals surface area (Å²) >= 11 is 0. The Labute approximate surface area is 113 Å². The molecule has 4 N–H and O–H groups in total. The van der Waals surface area contributed by atoms with Crippen molar-refractivity contribution < 1.29 is 19.1 Å². The number of nitrogens with one attached hydrogen (secondary N) is 2. The molecule has 1 rings (SSSR count). The van der Waals surface area contributed by atoms with Gasteiger partial charge >= 0.3 is 0 Å². The van der Waals surface area contributed by atoms with E-state index in [4.69, 9.17) is 15.2 Å². The van der Waals surface area contributed by atoms with Crippen LogP contribution in [0.3, 0.4) is 0 Å². The van der Waals surface area contributed by atoms with Crippen molar-refractivity contribution in [3.8, 4) is 0 Å². The van der Waals surface area contributed by atoms with Crippen molar-refractivity contribution in [2.24, 2.45) is 5.73 Å². The molecule has 0 aromatic carbocycles. The van der Waals surface area contributed by atoms with Crippen LogP contribution in [0.2, 0.25) is 0 Å². The molecule has 1 heterocycles. The summed E-state index contributed by atoms with van der Waals surface area (Å²) in [5.74, 6) is -0.585. The number of hydrogen-bond donors (Lipinski definition) is 3. The Bertz CT molecular complexity index is 280. The van der Waals surface area contributed by atoms with Crippen LogP contribution in [0.4, 0.5) is 0 Å². The van der Waals surface area contributed by atoms with Gasteiger partial charge in [-0.1, -0.05) is 0 Å². The smallest absolute Gasteiger partial charge is 0.243 e. The highest BCUT2D eigenvalue weighted by Gasteiger charge is 2.13. The maximum atomic E-state index is 11.4. The van der Waals surface area contributed by atoms with Gasteiger partial charge in [0.05, 0.1) is 19.3 Å². The highest BCUT2D eigenvalue weighted by atomic mass is 16.5. The topological polar surface area (TPSA) is 103 Å². The Kier molecular flexibility index (Phi) is 8.11. The lowest BCUT2D eigenvalue weighted by Gasteiger charge is -2.22. The minimum atomic E-state index is -0.512. The summed E-state index contributed by atoms with van der Waals surface area (Å²) < 4.78 is 10.5. The summed E-state index contributed by atoms with van der Waals surface area (Å²) in [4.78, 5) is 21.8. The maximum Gasteiger partial charge on any atom is 0.243 e. The third-order valence-electron chi connectivity index (χ3n) is 2.78. The molecule has 1 saturated heterocycles. The molecule has 0 aromatic rings. The van der Waals surface area contributed by atoms with Gasteiger partial charge in [-0.15, -0.1) is 0 Å². The van der Waals surface area contributed by atoms with Gasteiger partial charge in [0.25, 0.3) is 0 Å². The standard InChI is InChI=1S/C12H23N3O4/c13-11(16)9-18-8-6-15-12(17)3-7-19-10-1-4-14-5-2-10/h10,14H,1-9H2,(H2,13,16)(H,15,17). The molecule has 7 heteroatoms. The van der Waals surface area contributed by atoms with Gasteiger partial charge in [0.1, 0.15) is 6.61 Å². The number of carbonyl (C=O) groups excluding carboxylic acids is 2. The van der Waals surface area contributed by atoms with Gasteiger partial charge in [0, 0.05) is 13.0 Å². The fourth-order valence-corrected chi connectivity index (χ4v) is 1.80. The molecule has 0 unspecified atom stereocenters. The Morgan fingerprint density at radius 1 is 1.26 bits per heavy atom. The second kappa shape index (κ2) is 9.71. The molecule has 1 fully saturated rings. The quantitative estimate of drug-likeness (QED) is 0.456. The van der Waals surface area contributed by atoms with Crippen LogP contribution in [0.5, 0.6) is 0 Å². The van der Waals surface area contributed by atoms with E-state index in [9.17, 15) is 9.59 Å².